The highest BCUT2D eigenvalue weighted by atomic mass is 35.5. The molecule has 0 spiro atoms. The first-order chi connectivity index (χ1) is 15.9. The fourth-order valence-corrected chi connectivity index (χ4v) is 2.97. The Balaban J connectivity index is 1.55. The second kappa shape index (κ2) is 11.1. The number of nitrogens with two attached hydrogens (primary N) is 1. The normalized spacial score (nSPS) is 10.2. The number of anilines is 3. The van der Waals surface area contributed by atoms with Crippen molar-refractivity contribution in [1.82, 2.24) is 20.8 Å². The first-order valence-electron chi connectivity index (χ1n) is 9.31. The number of rotatable bonds is 9. The summed E-state index contributed by atoms with van der Waals surface area (Å²) in [6, 6.07) is 11.3. The zero-order valence-corrected chi connectivity index (χ0v) is 18.7. The highest BCUT2D eigenvalue weighted by Gasteiger charge is 2.14. The Hall–Kier alpha value is -3.96. The van der Waals surface area contributed by atoms with Crippen LogP contribution in [0.15, 0.2) is 48.8 Å². The van der Waals surface area contributed by atoms with Crippen LogP contribution in [0, 0.1) is 0 Å². The molecule has 6 N–H and O–H groups in total. The molecular weight excluding hydrogens is 473 g/mol. The highest BCUT2D eigenvalue weighted by Crippen LogP contribution is 2.27. The average Bonchev–Trinajstić information content (AvgIpc) is 2.81. The van der Waals surface area contributed by atoms with E-state index in [0.717, 1.165) is 0 Å². The Kier molecular flexibility index (Phi) is 7.95. The van der Waals surface area contributed by atoms with Crippen LogP contribution in [0.1, 0.15) is 10.4 Å². The van der Waals surface area contributed by atoms with Gasteiger partial charge in [0.2, 0.25) is 0 Å². The van der Waals surface area contributed by atoms with Crippen LogP contribution in [0.25, 0.3) is 0 Å². The SMILES string of the molecule is COc1ccccc1C(=O)NNc1ncnc(NNC(=O)COc2ccc(Cl)cc2Cl)c1N. The number of benzene rings is 2. The van der Waals surface area contributed by atoms with E-state index < -0.39 is 11.8 Å². The fraction of sp³-hybridized carbons (Fsp3) is 0.100. The number of nitrogens with one attached hydrogen (secondary N) is 4. The van der Waals surface area contributed by atoms with Crippen molar-refractivity contribution in [3.63, 3.8) is 0 Å². The number of nitrogens with zero attached hydrogens (tertiary/aromatic N) is 2. The molecule has 0 saturated carbocycles. The molecule has 11 nitrogen and oxygen atoms in total. The van der Waals surface area contributed by atoms with Gasteiger partial charge in [-0.1, -0.05) is 35.3 Å². The molecule has 0 unspecified atom stereocenters. The predicted octanol–water partition coefficient (Wildman–Crippen LogP) is 2.65. The lowest BCUT2D eigenvalue weighted by molar-refractivity contribution is -0.122. The topological polar surface area (TPSA) is 153 Å². The van der Waals surface area contributed by atoms with Gasteiger partial charge in [-0.3, -0.25) is 31.3 Å². The summed E-state index contributed by atoms with van der Waals surface area (Å²) in [5, 5.41) is 0.718. The molecule has 3 aromatic rings. The Morgan fingerprint density at radius 2 is 1.70 bits per heavy atom. The number of carbonyl (C=O) groups is 2. The molecule has 2 aromatic carbocycles. The first kappa shape index (κ1) is 23.7. The van der Waals surface area contributed by atoms with Gasteiger partial charge in [-0.2, -0.15) is 0 Å². The van der Waals surface area contributed by atoms with Gasteiger partial charge >= 0.3 is 0 Å². The Bertz CT molecular complexity index is 1160. The quantitative estimate of drug-likeness (QED) is 0.284. The molecule has 2 amide bonds. The summed E-state index contributed by atoms with van der Waals surface area (Å²) < 4.78 is 10.5. The third kappa shape index (κ3) is 6.28. The molecule has 1 aromatic heterocycles. The number of nitrogen functional groups attached to an aromatic ring is 1. The van der Waals surface area contributed by atoms with Gasteiger partial charge in [-0.15, -0.1) is 0 Å². The van der Waals surface area contributed by atoms with Gasteiger partial charge in [0.15, 0.2) is 18.2 Å². The molecule has 0 fully saturated rings. The zero-order chi connectivity index (χ0) is 23.8. The molecular formula is C20H19Cl2N7O4. The first-order valence-corrected chi connectivity index (χ1v) is 10.1. The van der Waals surface area contributed by atoms with E-state index in [2.05, 4.69) is 31.7 Å². The minimum Gasteiger partial charge on any atom is -0.496 e. The number of aromatic nitrogens is 2. The van der Waals surface area contributed by atoms with Gasteiger partial charge in [0, 0.05) is 5.02 Å². The Morgan fingerprint density at radius 1 is 1.00 bits per heavy atom. The smallest absolute Gasteiger partial charge is 0.276 e. The molecule has 0 bridgehead atoms. The number of methoxy groups -OCH3 is 1. The van der Waals surface area contributed by atoms with Crippen molar-refractivity contribution in [1.29, 1.82) is 0 Å². The monoisotopic (exact) mass is 491 g/mol. The van der Waals surface area contributed by atoms with Crippen LogP contribution in [0.3, 0.4) is 0 Å². The number of carbonyl (C=O) groups excluding carboxylic acids is 2. The van der Waals surface area contributed by atoms with Crippen molar-refractivity contribution in [2.45, 2.75) is 0 Å². The maximum Gasteiger partial charge on any atom is 0.276 e. The lowest BCUT2D eigenvalue weighted by Crippen LogP contribution is -2.35. The Labute approximate surface area is 198 Å². The third-order valence-electron chi connectivity index (χ3n) is 4.10. The standard InChI is InChI=1S/C20H19Cl2N7O4/c1-32-14-5-3-2-4-12(14)20(31)29-28-19-17(23)18(24-10-25-19)27-26-16(30)9-33-15-7-6-11(21)8-13(15)22/h2-8,10H,9,23H2,1H3,(H,26,30)(H,29,31)(H2,24,25,27,28). The van der Waals surface area contributed by atoms with Gasteiger partial charge < -0.3 is 15.2 Å². The fourth-order valence-electron chi connectivity index (χ4n) is 2.51. The number of halogens is 2. The molecule has 0 saturated heterocycles. The van der Waals surface area contributed by atoms with Gasteiger partial charge in [0.1, 0.15) is 23.5 Å². The van der Waals surface area contributed by atoms with E-state index in [4.69, 9.17) is 38.4 Å². The second-order valence-electron chi connectivity index (χ2n) is 6.30. The summed E-state index contributed by atoms with van der Waals surface area (Å²) >= 11 is 11.8. The third-order valence-corrected chi connectivity index (χ3v) is 4.63. The van der Waals surface area contributed by atoms with E-state index in [-0.39, 0.29) is 29.0 Å². The number of hydrogen-bond donors (Lipinski definition) is 5. The largest absolute Gasteiger partial charge is 0.496 e. The number of hydrazine groups is 2. The van der Waals surface area contributed by atoms with Crippen LogP contribution in [-0.4, -0.2) is 35.5 Å². The van der Waals surface area contributed by atoms with Crippen molar-refractivity contribution in [2.24, 2.45) is 0 Å². The van der Waals surface area contributed by atoms with Crippen molar-refractivity contribution in [3.8, 4) is 11.5 Å². The molecule has 0 atom stereocenters. The van der Waals surface area contributed by atoms with E-state index in [1.54, 1.807) is 36.4 Å². The minimum absolute atomic E-state index is 0.0415. The highest BCUT2D eigenvalue weighted by molar-refractivity contribution is 6.35. The van der Waals surface area contributed by atoms with E-state index in [0.29, 0.717) is 22.1 Å². The van der Waals surface area contributed by atoms with E-state index in [1.807, 2.05) is 0 Å². The van der Waals surface area contributed by atoms with Gasteiger partial charge in [0.05, 0.1) is 17.7 Å². The van der Waals surface area contributed by atoms with E-state index in [1.165, 1.54) is 19.5 Å². The van der Waals surface area contributed by atoms with Crippen LogP contribution in [0.5, 0.6) is 11.5 Å². The maximum absolute atomic E-state index is 12.4. The zero-order valence-electron chi connectivity index (χ0n) is 17.2. The van der Waals surface area contributed by atoms with Gasteiger partial charge in [-0.25, -0.2) is 9.97 Å². The maximum atomic E-state index is 12.4. The molecule has 0 radical (unpaired) electrons. The molecule has 0 aliphatic rings. The van der Waals surface area contributed by atoms with Crippen molar-refractivity contribution >= 4 is 52.3 Å². The summed E-state index contributed by atoms with van der Waals surface area (Å²) in [5.74, 6) is -0.0925. The number of para-hydroxylation sites is 1. The minimum atomic E-state index is -0.530. The summed E-state index contributed by atoms with van der Waals surface area (Å²) in [6.07, 6.45) is 1.19. The van der Waals surface area contributed by atoms with Crippen LogP contribution >= 0.6 is 23.2 Å². The van der Waals surface area contributed by atoms with Crippen molar-refractivity contribution in [3.05, 3.63) is 64.4 Å². The molecule has 0 aliphatic heterocycles. The lowest BCUT2D eigenvalue weighted by Gasteiger charge is -2.14. The van der Waals surface area contributed by atoms with Gasteiger partial charge in [0.25, 0.3) is 11.8 Å². The number of ether oxygens (including phenoxy) is 2. The number of amides is 2. The predicted molar refractivity (Wildman–Crippen MR) is 124 cm³/mol. The molecule has 13 heteroatoms. The van der Waals surface area contributed by atoms with Crippen LogP contribution < -0.4 is 36.9 Å². The molecule has 3 rings (SSSR count). The lowest BCUT2D eigenvalue weighted by atomic mass is 10.2. The molecule has 0 aliphatic carbocycles. The summed E-state index contributed by atoms with van der Waals surface area (Å²) in [6.45, 7) is -0.334. The Morgan fingerprint density at radius 3 is 2.39 bits per heavy atom. The van der Waals surface area contributed by atoms with E-state index >= 15 is 0 Å². The average molecular weight is 492 g/mol. The van der Waals surface area contributed by atoms with Gasteiger partial charge in [-0.05, 0) is 30.3 Å². The van der Waals surface area contributed by atoms with Crippen LogP contribution in [0.2, 0.25) is 10.0 Å². The molecule has 33 heavy (non-hydrogen) atoms. The van der Waals surface area contributed by atoms with Crippen LogP contribution in [-0.2, 0) is 4.79 Å². The molecule has 172 valence electrons. The summed E-state index contributed by atoms with van der Waals surface area (Å²) in [7, 11) is 1.46. The van der Waals surface area contributed by atoms with Crippen molar-refractivity contribution in [2.75, 3.05) is 30.3 Å². The summed E-state index contributed by atoms with van der Waals surface area (Å²) in [4.78, 5) is 32.4. The number of hydrogen-bond acceptors (Lipinski definition) is 9. The summed E-state index contributed by atoms with van der Waals surface area (Å²) in [5.41, 5.74) is 16.4. The van der Waals surface area contributed by atoms with Crippen LogP contribution in [0.4, 0.5) is 17.3 Å². The molecule has 1 heterocycles. The van der Waals surface area contributed by atoms with E-state index in [9.17, 15) is 9.59 Å². The second-order valence-corrected chi connectivity index (χ2v) is 7.14. The van der Waals surface area contributed by atoms with Crippen molar-refractivity contribution < 1.29 is 19.1 Å².